The minimum atomic E-state index is -0.325. The smallest absolute Gasteiger partial charge is 0.137 e. The molecule has 1 N–H and O–H groups in total. The van der Waals surface area contributed by atoms with Crippen molar-refractivity contribution in [1.29, 1.82) is 0 Å². The molecule has 1 aromatic rings. The van der Waals surface area contributed by atoms with E-state index in [1.807, 2.05) is 39.0 Å². The Hall–Kier alpha value is -0.730. The summed E-state index contributed by atoms with van der Waals surface area (Å²) in [7, 11) is 0. The molecule has 0 saturated heterocycles. The molecule has 16 heavy (non-hydrogen) atoms. The van der Waals surface area contributed by atoms with Gasteiger partial charge in [0.15, 0.2) is 0 Å². The van der Waals surface area contributed by atoms with Crippen molar-refractivity contribution in [3.05, 3.63) is 28.8 Å². The maximum absolute atomic E-state index is 9.77. The molecule has 2 nitrogen and oxygen atoms in total. The SMILES string of the molecule is CCOc1ccc(C(C)C(O)CC)cc1Cl. The van der Waals surface area contributed by atoms with Gasteiger partial charge < -0.3 is 9.84 Å². The Morgan fingerprint density at radius 1 is 1.38 bits per heavy atom. The van der Waals surface area contributed by atoms with Gasteiger partial charge >= 0.3 is 0 Å². The fourth-order valence-electron chi connectivity index (χ4n) is 1.65. The molecule has 0 aliphatic heterocycles. The van der Waals surface area contributed by atoms with Crippen LogP contribution in [0.3, 0.4) is 0 Å². The number of aliphatic hydroxyl groups is 1. The quantitative estimate of drug-likeness (QED) is 0.855. The van der Waals surface area contributed by atoms with Crippen LogP contribution in [-0.2, 0) is 0 Å². The average molecular weight is 243 g/mol. The first-order valence-corrected chi connectivity index (χ1v) is 6.08. The third-order valence-corrected chi connectivity index (χ3v) is 3.07. The van der Waals surface area contributed by atoms with Crippen LogP contribution in [-0.4, -0.2) is 17.8 Å². The summed E-state index contributed by atoms with van der Waals surface area (Å²) < 4.78 is 5.36. The second-order valence-electron chi connectivity index (χ2n) is 3.89. The van der Waals surface area contributed by atoms with E-state index in [-0.39, 0.29) is 12.0 Å². The van der Waals surface area contributed by atoms with E-state index in [1.165, 1.54) is 0 Å². The first-order valence-electron chi connectivity index (χ1n) is 5.70. The summed E-state index contributed by atoms with van der Waals surface area (Å²) in [5.74, 6) is 0.796. The molecule has 0 aliphatic rings. The van der Waals surface area contributed by atoms with Crippen molar-refractivity contribution in [2.75, 3.05) is 6.61 Å². The molecule has 90 valence electrons. The van der Waals surface area contributed by atoms with Crippen molar-refractivity contribution in [3.8, 4) is 5.75 Å². The zero-order chi connectivity index (χ0) is 12.1. The number of ether oxygens (including phenoxy) is 1. The lowest BCUT2D eigenvalue weighted by molar-refractivity contribution is 0.145. The molecule has 0 fully saturated rings. The molecule has 0 spiro atoms. The van der Waals surface area contributed by atoms with Crippen molar-refractivity contribution in [2.24, 2.45) is 0 Å². The van der Waals surface area contributed by atoms with Gasteiger partial charge in [-0.3, -0.25) is 0 Å². The van der Waals surface area contributed by atoms with E-state index >= 15 is 0 Å². The molecule has 0 saturated carbocycles. The van der Waals surface area contributed by atoms with E-state index in [0.29, 0.717) is 17.4 Å². The average Bonchev–Trinajstić information content (AvgIpc) is 2.30. The van der Waals surface area contributed by atoms with E-state index in [0.717, 1.165) is 12.0 Å². The number of benzene rings is 1. The molecule has 0 aromatic heterocycles. The summed E-state index contributed by atoms with van der Waals surface area (Å²) in [6.45, 7) is 6.50. The molecule has 3 heteroatoms. The van der Waals surface area contributed by atoms with Crippen LogP contribution in [0.15, 0.2) is 18.2 Å². The minimum absolute atomic E-state index is 0.0955. The number of aliphatic hydroxyl groups excluding tert-OH is 1. The van der Waals surface area contributed by atoms with E-state index < -0.39 is 0 Å². The molecule has 1 aromatic carbocycles. The van der Waals surface area contributed by atoms with Crippen LogP contribution in [0.5, 0.6) is 5.75 Å². The summed E-state index contributed by atoms with van der Waals surface area (Å²) in [6, 6.07) is 5.69. The second-order valence-corrected chi connectivity index (χ2v) is 4.29. The Morgan fingerprint density at radius 2 is 2.06 bits per heavy atom. The lowest BCUT2D eigenvalue weighted by atomic mass is 9.94. The highest BCUT2D eigenvalue weighted by Crippen LogP contribution is 2.30. The molecule has 0 aliphatic carbocycles. The van der Waals surface area contributed by atoms with Gasteiger partial charge in [0.05, 0.1) is 17.7 Å². The Morgan fingerprint density at radius 3 is 2.56 bits per heavy atom. The van der Waals surface area contributed by atoms with Crippen LogP contribution < -0.4 is 4.74 Å². The highest BCUT2D eigenvalue weighted by molar-refractivity contribution is 6.32. The largest absolute Gasteiger partial charge is 0.492 e. The van der Waals surface area contributed by atoms with E-state index in [2.05, 4.69) is 0 Å². The molecule has 0 amide bonds. The van der Waals surface area contributed by atoms with Gasteiger partial charge in [-0.1, -0.05) is 31.5 Å². The van der Waals surface area contributed by atoms with E-state index in [9.17, 15) is 5.11 Å². The molecule has 0 radical (unpaired) electrons. The lowest BCUT2D eigenvalue weighted by Crippen LogP contribution is -2.14. The Balaban J connectivity index is 2.87. The number of halogens is 1. The predicted octanol–water partition coefficient (Wildman–Crippen LogP) is 3.61. The fourth-order valence-corrected chi connectivity index (χ4v) is 1.89. The fraction of sp³-hybridized carbons (Fsp3) is 0.538. The van der Waals surface area contributed by atoms with Crippen molar-refractivity contribution in [2.45, 2.75) is 39.2 Å². The molecular weight excluding hydrogens is 224 g/mol. The van der Waals surface area contributed by atoms with Gasteiger partial charge in [0, 0.05) is 5.92 Å². The summed E-state index contributed by atoms with van der Waals surface area (Å²) in [5.41, 5.74) is 1.04. The van der Waals surface area contributed by atoms with Crippen molar-refractivity contribution in [1.82, 2.24) is 0 Å². The zero-order valence-corrected chi connectivity index (χ0v) is 10.8. The summed E-state index contributed by atoms with van der Waals surface area (Å²) in [4.78, 5) is 0. The van der Waals surface area contributed by atoms with Crippen molar-refractivity contribution in [3.63, 3.8) is 0 Å². The maximum Gasteiger partial charge on any atom is 0.137 e. The van der Waals surface area contributed by atoms with Crippen LogP contribution in [0, 0.1) is 0 Å². The topological polar surface area (TPSA) is 29.5 Å². The van der Waals surface area contributed by atoms with Gasteiger partial charge in [-0.05, 0) is 31.0 Å². The number of hydrogen-bond donors (Lipinski definition) is 1. The van der Waals surface area contributed by atoms with Gasteiger partial charge in [-0.2, -0.15) is 0 Å². The van der Waals surface area contributed by atoms with Gasteiger partial charge in [0.25, 0.3) is 0 Å². The summed E-state index contributed by atoms with van der Waals surface area (Å²) in [6.07, 6.45) is 0.417. The number of hydrogen-bond acceptors (Lipinski definition) is 2. The summed E-state index contributed by atoms with van der Waals surface area (Å²) in [5, 5.41) is 10.4. The zero-order valence-electron chi connectivity index (χ0n) is 10.0. The monoisotopic (exact) mass is 242 g/mol. The Bertz CT molecular complexity index is 339. The van der Waals surface area contributed by atoms with Gasteiger partial charge in [0.2, 0.25) is 0 Å². The third-order valence-electron chi connectivity index (χ3n) is 2.78. The minimum Gasteiger partial charge on any atom is -0.492 e. The first-order chi connectivity index (χ1) is 7.60. The number of rotatable bonds is 5. The first kappa shape index (κ1) is 13.3. The summed E-state index contributed by atoms with van der Waals surface area (Å²) >= 11 is 6.09. The molecule has 2 unspecified atom stereocenters. The standard InChI is InChI=1S/C13H19ClO2/c1-4-12(15)9(3)10-6-7-13(16-5-2)11(14)8-10/h6-9,12,15H,4-5H2,1-3H3. The normalized spacial score (nSPS) is 14.6. The van der Waals surface area contributed by atoms with Gasteiger partial charge in [-0.25, -0.2) is 0 Å². The molecule has 0 heterocycles. The van der Waals surface area contributed by atoms with Gasteiger partial charge in [0.1, 0.15) is 5.75 Å². The van der Waals surface area contributed by atoms with E-state index in [4.69, 9.17) is 16.3 Å². The van der Waals surface area contributed by atoms with Crippen LogP contribution in [0.1, 0.15) is 38.7 Å². The van der Waals surface area contributed by atoms with Crippen LogP contribution >= 0.6 is 11.6 Å². The van der Waals surface area contributed by atoms with E-state index in [1.54, 1.807) is 0 Å². The highest BCUT2D eigenvalue weighted by Gasteiger charge is 2.15. The maximum atomic E-state index is 9.77. The second kappa shape index (κ2) is 6.12. The molecule has 0 bridgehead atoms. The molecule has 2 atom stereocenters. The Kier molecular flexibility index (Phi) is 5.10. The molecular formula is C13H19ClO2. The van der Waals surface area contributed by atoms with Crippen molar-refractivity contribution >= 4 is 11.6 Å². The predicted molar refractivity (Wildman–Crippen MR) is 67.3 cm³/mol. The Labute approximate surface area is 102 Å². The third kappa shape index (κ3) is 3.13. The van der Waals surface area contributed by atoms with Crippen LogP contribution in [0.4, 0.5) is 0 Å². The van der Waals surface area contributed by atoms with Crippen LogP contribution in [0.25, 0.3) is 0 Å². The van der Waals surface area contributed by atoms with Gasteiger partial charge in [-0.15, -0.1) is 0 Å². The highest BCUT2D eigenvalue weighted by atomic mass is 35.5. The molecule has 1 rings (SSSR count). The van der Waals surface area contributed by atoms with Crippen LogP contribution in [0.2, 0.25) is 5.02 Å². The lowest BCUT2D eigenvalue weighted by Gasteiger charge is -2.18. The van der Waals surface area contributed by atoms with Crippen molar-refractivity contribution < 1.29 is 9.84 Å².